The van der Waals surface area contributed by atoms with Crippen molar-refractivity contribution in [2.75, 3.05) is 12.9 Å². The molecule has 1 amide bonds. The molecule has 8 heteroatoms. The fraction of sp³-hybridized carbons (Fsp3) is 0.273. The van der Waals surface area contributed by atoms with E-state index < -0.39 is 11.7 Å². The topological polar surface area (TPSA) is 51.2 Å². The number of aromatic nitrogens is 1. The van der Waals surface area contributed by atoms with E-state index in [4.69, 9.17) is 4.74 Å². The van der Waals surface area contributed by atoms with Gasteiger partial charge in [0.25, 0.3) is 5.91 Å². The van der Waals surface area contributed by atoms with Crippen LogP contribution in [-0.2, 0) is 12.7 Å². The number of halogens is 3. The molecule has 0 radical (unpaired) electrons. The minimum Gasteiger partial charge on any atom is -0.497 e. The van der Waals surface area contributed by atoms with Crippen LogP contribution in [0.15, 0.2) is 47.5 Å². The molecule has 2 aromatic carbocycles. The van der Waals surface area contributed by atoms with E-state index in [1.54, 1.807) is 14.0 Å². The van der Waals surface area contributed by atoms with Crippen LogP contribution >= 0.6 is 11.8 Å². The van der Waals surface area contributed by atoms with Crippen LogP contribution in [-0.4, -0.2) is 23.8 Å². The summed E-state index contributed by atoms with van der Waals surface area (Å²) in [5.74, 6) is 1.00. The average Bonchev–Trinajstić information content (AvgIpc) is 2.71. The van der Waals surface area contributed by atoms with E-state index in [1.807, 2.05) is 31.2 Å². The molecule has 0 spiro atoms. The highest BCUT2D eigenvalue weighted by Crippen LogP contribution is 2.34. The first-order chi connectivity index (χ1) is 14.2. The maximum Gasteiger partial charge on any atom is 0.416 e. The number of amides is 1. The lowest BCUT2D eigenvalue weighted by Gasteiger charge is -2.15. The summed E-state index contributed by atoms with van der Waals surface area (Å²) in [6.07, 6.45) is -4.45. The molecule has 4 nitrogen and oxygen atoms in total. The Balaban J connectivity index is 1.97. The number of alkyl halides is 3. The first-order valence-corrected chi connectivity index (χ1v) is 10.3. The van der Waals surface area contributed by atoms with Crippen molar-refractivity contribution in [1.82, 2.24) is 10.3 Å². The smallest absolute Gasteiger partial charge is 0.416 e. The lowest BCUT2D eigenvalue weighted by atomic mass is 10.0. The van der Waals surface area contributed by atoms with Crippen molar-refractivity contribution < 1.29 is 22.7 Å². The molecular weight excluding hydrogens is 413 g/mol. The average molecular weight is 434 g/mol. The predicted octanol–water partition coefficient (Wildman–Crippen LogP) is 5.61. The molecule has 0 fully saturated rings. The zero-order chi connectivity index (χ0) is 21.9. The Hall–Kier alpha value is -2.74. The molecule has 1 N–H and O–H groups in total. The maximum atomic E-state index is 13.1. The third-order valence-corrected chi connectivity index (χ3v) is 5.49. The number of nitrogens with zero attached hydrogens (tertiary/aromatic N) is 1. The van der Waals surface area contributed by atoms with Gasteiger partial charge in [-0.3, -0.25) is 4.79 Å². The molecule has 0 aliphatic heterocycles. The Morgan fingerprint density at radius 2 is 1.97 bits per heavy atom. The monoisotopic (exact) mass is 434 g/mol. The third kappa shape index (κ3) is 4.70. The molecule has 3 rings (SSSR count). The number of methoxy groups -OCH3 is 1. The van der Waals surface area contributed by atoms with E-state index in [2.05, 4.69) is 10.3 Å². The van der Waals surface area contributed by atoms with E-state index >= 15 is 0 Å². The molecule has 158 valence electrons. The van der Waals surface area contributed by atoms with Crippen molar-refractivity contribution in [3.05, 3.63) is 64.7 Å². The first-order valence-electron chi connectivity index (χ1n) is 9.30. The molecule has 0 bridgehead atoms. The summed E-state index contributed by atoms with van der Waals surface area (Å²) in [7, 11) is 1.57. The highest BCUT2D eigenvalue weighted by Gasteiger charge is 2.31. The number of pyridine rings is 1. The largest absolute Gasteiger partial charge is 0.497 e. The second-order valence-corrected chi connectivity index (χ2v) is 7.87. The summed E-state index contributed by atoms with van der Waals surface area (Å²) >= 11 is 1.33. The van der Waals surface area contributed by atoms with Gasteiger partial charge < -0.3 is 10.1 Å². The number of thioether (sulfide) groups is 1. The number of nitrogens with one attached hydrogen (secondary N) is 1. The zero-order valence-corrected chi connectivity index (χ0v) is 17.6. The van der Waals surface area contributed by atoms with Crippen LogP contribution in [0.4, 0.5) is 13.2 Å². The summed E-state index contributed by atoms with van der Waals surface area (Å²) in [5.41, 5.74) is 1.32. The summed E-state index contributed by atoms with van der Waals surface area (Å²) in [4.78, 5) is 17.4. The van der Waals surface area contributed by atoms with Crippen molar-refractivity contribution in [1.29, 1.82) is 0 Å². The van der Waals surface area contributed by atoms with Crippen LogP contribution in [0.3, 0.4) is 0 Å². The number of aryl methyl sites for hydroxylation is 1. The third-order valence-electron chi connectivity index (χ3n) is 4.64. The Labute approximate surface area is 176 Å². The van der Waals surface area contributed by atoms with Crippen LogP contribution in [0.25, 0.3) is 10.9 Å². The fourth-order valence-electron chi connectivity index (χ4n) is 3.14. The molecule has 0 saturated heterocycles. The summed E-state index contributed by atoms with van der Waals surface area (Å²) in [6, 6.07) is 10.8. The summed E-state index contributed by atoms with van der Waals surface area (Å²) in [6.45, 7) is 3.92. The van der Waals surface area contributed by atoms with E-state index in [-0.39, 0.29) is 18.0 Å². The number of rotatable bonds is 6. The Morgan fingerprint density at radius 3 is 2.63 bits per heavy atom. The number of hydrogen-bond donors (Lipinski definition) is 1. The van der Waals surface area contributed by atoms with Gasteiger partial charge in [0.05, 0.1) is 23.8 Å². The molecule has 30 heavy (non-hydrogen) atoms. The normalized spacial score (nSPS) is 11.5. The van der Waals surface area contributed by atoms with Crippen molar-refractivity contribution in [3.8, 4) is 5.75 Å². The number of carbonyl (C=O) groups excluding carboxylic acids is 1. The van der Waals surface area contributed by atoms with Gasteiger partial charge in [0, 0.05) is 11.9 Å². The zero-order valence-electron chi connectivity index (χ0n) is 16.8. The molecule has 0 aliphatic carbocycles. The van der Waals surface area contributed by atoms with Crippen LogP contribution in [0.2, 0.25) is 0 Å². The van der Waals surface area contributed by atoms with Crippen molar-refractivity contribution in [3.63, 3.8) is 0 Å². The number of carbonyl (C=O) groups is 1. The van der Waals surface area contributed by atoms with E-state index in [0.717, 1.165) is 17.7 Å². The Bertz CT molecular complexity index is 1080. The molecular formula is C22H21F3N2O2S. The predicted molar refractivity (Wildman–Crippen MR) is 112 cm³/mol. The van der Waals surface area contributed by atoms with Gasteiger partial charge in [-0.25, -0.2) is 4.98 Å². The highest BCUT2D eigenvalue weighted by atomic mass is 32.2. The van der Waals surface area contributed by atoms with Gasteiger partial charge in [-0.2, -0.15) is 13.2 Å². The van der Waals surface area contributed by atoms with Gasteiger partial charge in [0.2, 0.25) is 0 Å². The molecule has 1 aromatic heterocycles. The van der Waals surface area contributed by atoms with Crippen molar-refractivity contribution in [2.24, 2.45) is 0 Å². The van der Waals surface area contributed by atoms with Gasteiger partial charge >= 0.3 is 6.18 Å². The Kier molecular flexibility index (Phi) is 6.55. The minimum absolute atomic E-state index is 0.225. The number of benzene rings is 2. The summed E-state index contributed by atoms with van der Waals surface area (Å²) < 4.78 is 44.4. The van der Waals surface area contributed by atoms with Gasteiger partial charge in [-0.15, -0.1) is 11.8 Å². The Morgan fingerprint density at radius 1 is 1.20 bits per heavy atom. The van der Waals surface area contributed by atoms with E-state index in [0.29, 0.717) is 33.0 Å². The number of ether oxygens (including phenoxy) is 1. The second-order valence-electron chi connectivity index (χ2n) is 6.61. The van der Waals surface area contributed by atoms with Crippen molar-refractivity contribution in [2.45, 2.75) is 31.6 Å². The van der Waals surface area contributed by atoms with Gasteiger partial charge in [0.15, 0.2) is 0 Å². The molecule has 1 heterocycles. The lowest BCUT2D eigenvalue weighted by molar-refractivity contribution is -0.137. The molecule has 0 unspecified atom stereocenters. The van der Waals surface area contributed by atoms with Gasteiger partial charge in [0.1, 0.15) is 10.8 Å². The van der Waals surface area contributed by atoms with Crippen LogP contribution in [0.1, 0.15) is 34.0 Å². The fourth-order valence-corrected chi connectivity index (χ4v) is 3.97. The molecule has 3 aromatic rings. The second kappa shape index (κ2) is 8.95. The van der Waals surface area contributed by atoms with Crippen LogP contribution in [0.5, 0.6) is 5.75 Å². The van der Waals surface area contributed by atoms with Crippen LogP contribution < -0.4 is 10.1 Å². The molecule has 0 atom stereocenters. The first kappa shape index (κ1) is 22.0. The van der Waals surface area contributed by atoms with Crippen LogP contribution in [0, 0.1) is 6.92 Å². The SMILES string of the molecule is CCSc1nc2cc(C(F)(F)F)ccc2c(C)c1C(=O)NCc1cccc(OC)c1. The van der Waals surface area contributed by atoms with Crippen molar-refractivity contribution >= 4 is 28.6 Å². The highest BCUT2D eigenvalue weighted by molar-refractivity contribution is 7.99. The summed E-state index contributed by atoms with van der Waals surface area (Å²) in [5, 5.41) is 3.82. The number of hydrogen-bond acceptors (Lipinski definition) is 4. The minimum atomic E-state index is -4.45. The van der Waals surface area contributed by atoms with E-state index in [9.17, 15) is 18.0 Å². The van der Waals surface area contributed by atoms with E-state index in [1.165, 1.54) is 17.8 Å². The van der Waals surface area contributed by atoms with Gasteiger partial charge in [-0.1, -0.05) is 25.1 Å². The molecule has 0 saturated carbocycles. The number of fused-ring (bicyclic) bond motifs is 1. The standard InChI is InChI=1S/C22H21F3N2O2S/c1-4-30-21-19(20(28)26-12-14-6-5-7-16(10-14)29-3)13(2)17-9-8-15(22(23,24)25)11-18(17)27-21/h5-11H,4,12H2,1-3H3,(H,26,28). The lowest BCUT2D eigenvalue weighted by Crippen LogP contribution is -2.25. The quantitative estimate of drug-likeness (QED) is 0.512. The molecule has 0 aliphatic rings. The maximum absolute atomic E-state index is 13.1. The van der Waals surface area contributed by atoms with Gasteiger partial charge in [-0.05, 0) is 48.1 Å².